The van der Waals surface area contributed by atoms with E-state index in [1.54, 1.807) is 0 Å². The fourth-order valence-corrected chi connectivity index (χ4v) is 1.71. The van der Waals surface area contributed by atoms with Crippen LogP contribution in [0.15, 0.2) is 24.3 Å². The molecule has 1 aromatic rings. The Labute approximate surface area is 92.5 Å². The third kappa shape index (κ3) is 4.28. The molecule has 0 saturated heterocycles. The summed E-state index contributed by atoms with van der Waals surface area (Å²) in [6, 6.07) is 8.46. The Bertz CT molecular complexity index is 287. The highest BCUT2D eigenvalue weighted by molar-refractivity contribution is 5.54. The van der Waals surface area contributed by atoms with Crippen molar-refractivity contribution >= 4 is 6.29 Å². The van der Waals surface area contributed by atoms with E-state index in [0.29, 0.717) is 0 Å². The molecule has 0 aliphatic carbocycles. The van der Waals surface area contributed by atoms with Crippen LogP contribution >= 0.6 is 0 Å². The number of unbranched alkanes of at least 4 members (excludes halogenated alkanes) is 1. The Morgan fingerprint density at radius 2 is 1.93 bits per heavy atom. The summed E-state index contributed by atoms with van der Waals surface area (Å²) in [5.74, 6) is 0.202. The Kier molecular flexibility index (Phi) is 5.09. The van der Waals surface area contributed by atoms with Crippen molar-refractivity contribution in [3.63, 3.8) is 0 Å². The number of aldehydes is 1. The lowest BCUT2D eigenvalue weighted by Crippen LogP contribution is -2.06. The lowest BCUT2D eigenvalue weighted by Gasteiger charge is -2.09. The summed E-state index contributed by atoms with van der Waals surface area (Å²) in [6.07, 6.45) is 5.33. The van der Waals surface area contributed by atoms with E-state index in [0.717, 1.165) is 32.0 Å². The number of aryl methyl sites for hydroxylation is 1. The van der Waals surface area contributed by atoms with Crippen molar-refractivity contribution in [2.24, 2.45) is 5.92 Å². The molecule has 1 aromatic carbocycles. The third-order valence-electron chi connectivity index (χ3n) is 2.74. The summed E-state index contributed by atoms with van der Waals surface area (Å²) in [5.41, 5.74) is 2.55. The summed E-state index contributed by atoms with van der Waals surface area (Å²) in [7, 11) is 0. The molecule has 1 heteroatoms. The van der Waals surface area contributed by atoms with Crippen LogP contribution in [0, 0.1) is 12.8 Å². The second-order valence-electron chi connectivity index (χ2n) is 4.23. The van der Waals surface area contributed by atoms with Gasteiger partial charge in [-0.1, -0.05) is 49.6 Å². The second-order valence-corrected chi connectivity index (χ2v) is 4.23. The molecule has 0 spiro atoms. The molecule has 0 radical (unpaired) electrons. The van der Waals surface area contributed by atoms with E-state index in [4.69, 9.17) is 0 Å². The van der Waals surface area contributed by atoms with E-state index in [-0.39, 0.29) is 5.92 Å². The summed E-state index contributed by atoms with van der Waals surface area (Å²) >= 11 is 0. The number of rotatable bonds is 6. The van der Waals surface area contributed by atoms with Crippen molar-refractivity contribution in [3.05, 3.63) is 35.4 Å². The molecule has 15 heavy (non-hydrogen) atoms. The first-order valence-corrected chi connectivity index (χ1v) is 5.77. The van der Waals surface area contributed by atoms with Gasteiger partial charge in [0.25, 0.3) is 0 Å². The summed E-state index contributed by atoms with van der Waals surface area (Å²) in [5, 5.41) is 0. The first kappa shape index (κ1) is 12.0. The molecule has 0 saturated carbocycles. The van der Waals surface area contributed by atoms with Gasteiger partial charge in [0.2, 0.25) is 0 Å². The van der Waals surface area contributed by atoms with Gasteiger partial charge in [-0.05, 0) is 25.3 Å². The maximum absolute atomic E-state index is 10.9. The molecule has 1 unspecified atom stereocenters. The van der Waals surface area contributed by atoms with Crippen molar-refractivity contribution < 1.29 is 4.79 Å². The summed E-state index contributed by atoms with van der Waals surface area (Å²) in [6.45, 7) is 4.24. The molecule has 1 atom stereocenters. The first-order chi connectivity index (χ1) is 7.26. The minimum absolute atomic E-state index is 0.202. The monoisotopic (exact) mass is 204 g/mol. The van der Waals surface area contributed by atoms with Gasteiger partial charge in [-0.2, -0.15) is 0 Å². The van der Waals surface area contributed by atoms with Gasteiger partial charge in [0.1, 0.15) is 6.29 Å². The van der Waals surface area contributed by atoms with Crippen LogP contribution in [0.5, 0.6) is 0 Å². The Morgan fingerprint density at radius 1 is 1.27 bits per heavy atom. The van der Waals surface area contributed by atoms with Crippen LogP contribution < -0.4 is 0 Å². The molecule has 0 fully saturated rings. The smallest absolute Gasteiger partial charge is 0.123 e. The van der Waals surface area contributed by atoms with E-state index in [9.17, 15) is 4.79 Å². The predicted octanol–water partition coefficient (Wildman–Crippen LogP) is 3.54. The quantitative estimate of drug-likeness (QED) is 0.648. The fourth-order valence-electron chi connectivity index (χ4n) is 1.71. The predicted molar refractivity (Wildman–Crippen MR) is 64.0 cm³/mol. The fraction of sp³-hybridized carbons (Fsp3) is 0.500. The maximum Gasteiger partial charge on any atom is 0.123 e. The Balaban J connectivity index is 2.50. The lowest BCUT2D eigenvalue weighted by atomic mass is 9.95. The van der Waals surface area contributed by atoms with Gasteiger partial charge in [0.15, 0.2) is 0 Å². The zero-order valence-electron chi connectivity index (χ0n) is 9.70. The molecule has 0 N–H and O–H groups in total. The van der Waals surface area contributed by atoms with Crippen LogP contribution in [0.3, 0.4) is 0 Å². The van der Waals surface area contributed by atoms with Crippen LogP contribution in [0.1, 0.15) is 37.3 Å². The van der Waals surface area contributed by atoms with Gasteiger partial charge in [-0.25, -0.2) is 0 Å². The van der Waals surface area contributed by atoms with Crippen LogP contribution in [0.2, 0.25) is 0 Å². The molecular weight excluding hydrogens is 184 g/mol. The number of hydrogen-bond donors (Lipinski definition) is 0. The number of benzene rings is 1. The molecule has 0 aliphatic heterocycles. The third-order valence-corrected chi connectivity index (χ3v) is 2.74. The van der Waals surface area contributed by atoms with Gasteiger partial charge >= 0.3 is 0 Å². The molecule has 1 rings (SSSR count). The Hall–Kier alpha value is -1.11. The van der Waals surface area contributed by atoms with Crippen LogP contribution in [-0.2, 0) is 11.2 Å². The number of carbonyl (C=O) groups is 1. The zero-order chi connectivity index (χ0) is 11.1. The second kappa shape index (κ2) is 6.39. The molecule has 0 bridgehead atoms. The van der Waals surface area contributed by atoms with Crippen LogP contribution in [0.4, 0.5) is 0 Å². The minimum Gasteiger partial charge on any atom is -0.303 e. The molecule has 0 heterocycles. The normalized spacial score (nSPS) is 12.4. The van der Waals surface area contributed by atoms with E-state index in [2.05, 4.69) is 38.1 Å². The molecule has 0 amide bonds. The standard InChI is InChI=1S/C14H20O/c1-3-4-5-14(11-15)10-13-8-6-12(2)7-9-13/h6-9,11,14H,3-5,10H2,1-2H3. The van der Waals surface area contributed by atoms with Gasteiger partial charge in [-0.3, -0.25) is 0 Å². The van der Waals surface area contributed by atoms with Crippen molar-refractivity contribution in [2.45, 2.75) is 39.5 Å². The zero-order valence-corrected chi connectivity index (χ0v) is 9.70. The van der Waals surface area contributed by atoms with Gasteiger partial charge in [0, 0.05) is 5.92 Å². The van der Waals surface area contributed by atoms with Gasteiger partial charge in [0.05, 0.1) is 0 Å². The topological polar surface area (TPSA) is 17.1 Å². The molecule has 0 aliphatic rings. The van der Waals surface area contributed by atoms with Gasteiger partial charge < -0.3 is 4.79 Å². The van der Waals surface area contributed by atoms with E-state index >= 15 is 0 Å². The number of carbonyl (C=O) groups excluding carboxylic acids is 1. The highest BCUT2D eigenvalue weighted by Crippen LogP contribution is 2.14. The van der Waals surface area contributed by atoms with Gasteiger partial charge in [-0.15, -0.1) is 0 Å². The van der Waals surface area contributed by atoms with Crippen molar-refractivity contribution in [3.8, 4) is 0 Å². The molecule has 82 valence electrons. The Morgan fingerprint density at radius 3 is 2.47 bits per heavy atom. The SMILES string of the molecule is CCCCC(C=O)Cc1ccc(C)cc1. The van der Waals surface area contributed by atoms with E-state index in [1.165, 1.54) is 11.1 Å². The van der Waals surface area contributed by atoms with Crippen LogP contribution in [0.25, 0.3) is 0 Å². The summed E-state index contributed by atoms with van der Waals surface area (Å²) in [4.78, 5) is 10.9. The van der Waals surface area contributed by atoms with Crippen molar-refractivity contribution in [1.29, 1.82) is 0 Å². The van der Waals surface area contributed by atoms with Crippen LogP contribution in [-0.4, -0.2) is 6.29 Å². The first-order valence-electron chi connectivity index (χ1n) is 5.77. The molecule has 0 aromatic heterocycles. The summed E-state index contributed by atoms with van der Waals surface area (Å²) < 4.78 is 0. The van der Waals surface area contributed by atoms with Crippen molar-refractivity contribution in [1.82, 2.24) is 0 Å². The number of hydrogen-bond acceptors (Lipinski definition) is 1. The minimum atomic E-state index is 0.202. The van der Waals surface area contributed by atoms with E-state index in [1.807, 2.05) is 0 Å². The maximum atomic E-state index is 10.9. The highest BCUT2D eigenvalue weighted by atomic mass is 16.1. The lowest BCUT2D eigenvalue weighted by molar-refractivity contribution is -0.111. The average Bonchev–Trinajstić information content (AvgIpc) is 2.27. The van der Waals surface area contributed by atoms with Crippen molar-refractivity contribution in [2.75, 3.05) is 0 Å². The largest absolute Gasteiger partial charge is 0.303 e. The van der Waals surface area contributed by atoms with E-state index < -0.39 is 0 Å². The molecule has 1 nitrogen and oxygen atoms in total. The highest BCUT2D eigenvalue weighted by Gasteiger charge is 2.07. The molecular formula is C14H20O. The average molecular weight is 204 g/mol.